The van der Waals surface area contributed by atoms with Crippen molar-refractivity contribution in [3.63, 3.8) is 0 Å². The summed E-state index contributed by atoms with van der Waals surface area (Å²) in [6, 6.07) is 6.31. The number of hydrogen-bond donors (Lipinski definition) is 2. The van der Waals surface area contributed by atoms with Crippen molar-refractivity contribution >= 4 is 18.3 Å². The van der Waals surface area contributed by atoms with Gasteiger partial charge in [-0.15, -0.1) is 12.4 Å². The average molecular weight is 273 g/mol. The van der Waals surface area contributed by atoms with Crippen molar-refractivity contribution in [2.75, 3.05) is 13.1 Å². The summed E-state index contributed by atoms with van der Waals surface area (Å²) < 4.78 is 12.9. The molecule has 2 N–H and O–H groups in total. The Balaban J connectivity index is 0.00000162. The first-order valence-corrected chi connectivity index (χ1v) is 5.98. The van der Waals surface area contributed by atoms with Gasteiger partial charge in [0.1, 0.15) is 5.82 Å². The number of carbonyl (C=O) groups is 1. The Morgan fingerprint density at radius 1 is 1.39 bits per heavy atom. The summed E-state index contributed by atoms with van der Waals surface area (Å²) in [5, 5.41) is 6.08. The van der Waals surface area contributed by atoms with Crippen LogP contribution in [0.2, 0.25) is 0 Å². The minimum Gasteiger partial charge on any atom is -0.352 e. The smallest absolute Gasteiger partial charge is 0.223 e. The van der Waals surface area contributed by atoms with Crippen LogP contribution < -0.4 is 10.6 Å². The third-order valence-corrected chi connectivity index (χ3v) is 3.07. The maximum atomic E-state index is 12.9. The first kappa shape index (κ1) is 14.9. The number of hydrogen-bond acceptors (Lipinski definition) is 2. The molecule has 0 saturated carbocycles. The molecular formula is C13H18ClFN2O. The minimum absolute atomic E-state index is 0. The molecule has 5 heteroatoms. The molecule has 1 heterocycles. The van der Waals surface area contributed by atoms with Crippen molar-refractivity contribution in [3.05, 3.63) is 35.6 Å². The molecule has 1 aliphatic heterocycles. The van der Waals surface area contributed by atoms with Crippen LogP contribution in [0, 0.1) is 11.7 Å². The van der Waals surface area contributed by atoms with Gasteiger partial charge in [0, 0.05) is 12.5 Å². The summed E-state index contributed by atoms with van der Waals surface area (Å²) in [6.07, 6.45) is 1.77. The van der Waals surface area contributed by atoms with E-state index in [1.165, 1.54) is 12.1 Å². The quantitative estimate of drug-likeness (QED) is 0.882. The van der Waals surface area contributed by atoms with E-state index in [2.05, 4.69) is 10.6 Å². The molecule has 18 heavy (non-hydrogen) atoms. The molecule has 0 radical (unpaired) electrons. The molecule has 0 aromatic heterocycles. The van der Waals surface area contributed by atoms with Gasteiger partial charge in [-0.3, -0.25) is 4.79 Å². The molecule has 2 rings (SSSR count). The van der Waals surface area contributed by atoms with E-state index in [4.69, 9.17) is 0 Å². The molecule has 0 aliphatic carbocycles. The maximum Gasteiger partial charge on any atom is 0.223 e. The molecule has 1 amide bonds. The predicted molar refractivity (Wildman–Crippen MR) is 71.1 cm³/mol. The lowest BCUT2D eigenvalue weighted by atomic mass is 9.97. The van der Waals surface area contributed by atoms with Crippen LogP contribution in [-0.2, 0) is 11.3 Å². The van der Waals surface area contributed by atoms with Gasteiger partial charge in [0.25, 0.3) is 0 Å². The van der Waals surface area contributed by atoms with Gasteiger partial charge in [0.05, 0.1) is 0 Å². The fourth-order valence-electron chi connectivity index (χ4n) is 2.06. The Morgan fingerprint density at radius 3 is 2.78 bits per heavy atom. The third kappa shape index (κ3) is 4.27. The average Bonchev–Trinajstić information content (AvgIpc) is 2.37. The number of nitrogens with one attached hydrogen (secondary N) is 2. The monoisotopic (exact) mass is 272 g/mol. The molecule has 0 bridgehead atoms. The molecule has 100 valence electrons. The van der Waals surface area contributed by atoms with Gasteiger partial charge in [0.15, 0.2) is 0 Å². The Bertz CT molecular complexity index is 394. The van der Waals surface area contributed by atoms with Crippen LogP contribution in [-0.4, -0.2) is 19.0 Å². The lowest BCUT2D eigenvalue weighted by molar-refractivity contribution is -0.125. The molecule has 1 aromatic carbocycles. The van der Waals surface area contributed by atoms with Crippen molar-refractivity contribution in [1.82, 2.24) is 10.6 Å². The molecule has 3 nitrogen and oxygen atoms in total. The zero-order valence-electron chi connectivity index (χ0n) is 10.1. The summed E-state index contributed by atoms with van der Waals surface area (Å²) in [5.41, 5.74) is 0.798. The summed E-state index contributed by atoms with van der Waals surface area (Å²) in [7, 11) is 0. The number of benzene rings is 1. The molecule has 0 spiro atoms. The summed E-state index contributed by atoms with van der Waals surface area (Å²) in [6.45, 7) is 2.20. The lowest BCUT2D eigenvalue weighted by Crippen LogP contribution is -2.37. The van der Waals surface area contributed by atoms with Gasteiger partial charge in [-0.25, -0.2) is 4.39 Å². The zero-order valence-corrected chi connectivity index (χ0v) is 10.9. The van der Waals surface area contributed by atoms with E-state index in [0.717, 1.165) is 31.5 Å². The number of carbonyl (C=O) groups excluding carboxylic acids is 1. The van der Waals surface area contributed by atoms with Gasteiger partial charge in [0.2, 0.25) is 5.91 Å². The molecule has 1 aromatic rings. The number of halogens is 2. The van der Waals surface area contributed by atoms with E-state index in [9.17, 15) is 9.18 Å². The largest absolute Gasteiger partial charge is 0.352 e. The minimum atomic E-state index is -0.265. The normalized spacial score (nSPS) is 15.8. The summed E-state index contributed by atoms with van der Waals surface area (Å²) >= 11 is 0. The highest BCUT2D eigenvalue weighted by molar-refractivity contribution is 5.85. The standard InChI is InChI=1S/C13H17FN2O.ClH/c14-12-3-1-2-10(8-12)9-16-13(17)11-4-6-15-7-5-11;/h1-3,8,11,15H,4-7,9H2,(H,16,17);1H. The predicted octanol–water partition coefficient (Wildman–Crippen LogP) is 1.86. The summed E-state index contributed by atoms with van der Waals surface area (Å²) in [4.78, 5) is 11.8. The van der Waals surface area contributed by atoms with Crippen LogP contribution in [0.1, 0.15) is 18.4 Å². The Labute approximate surface area is 113 Å². The lowest BCUT2D eigenvalue weighted by Gasteiger charge is -2.21. The molecule has 1 saturated heterocycles. The second-order valence-corrected chi connectivity index (χ2v) is 4.37. The first-order valence-electron chi connectivity index (χ1n) is 5.98. The van der Waals surface area contributed by atoms with Gasteiger partial charge >= 0.3 is 0 Å². The number of amides is 1. The van der Waals surface area contributed by atoms with Crippen molar-refractivity contribution in [2.24, 2.45) is 5.92 Å². The van der Waals surface area contributed by atoms with Gasteiger partial charge in [-0.05, 0) is 43.6 Å². The van der Waals surface area contributed by atoms with Crippen molar-refractivity contribution < 1.29 is 9.18 Å². The first-order chi connectivity index (χ1) is 8.25. The molecular weight excluding hydrogens is 255 g/mol. The highest BCUT2D eigenvalue weighted by Gasteiger charge is 2.20. The number of piperidine rings is 1. The van der Waals surface area contributed by atoms with Gasteiger partial charge in [-0.2, -0.15) is 0 Å². The Morgan fingerprint density at radius 2 is 2.11 bits per heavy atom. The van der Waals surface area contributed by atoms with Crippen molar-refractivity contribution in [1.29, 1.82) is 0 Å². The fourth-order valence-corrected chi connectivity index (χ4v) is 2.06. The highest BCUT2D eigenvalue weighted by atomic mass is 35.5. The molecule has 1 fully saturated rings. The van der Waals surface area contributed by atoms with E-state index in [1.807, 2.05) is 6.07 Å². The van der Waals surface area contributed by atoms with E-state index in [-0.39, 0.29) is 30.0 Å². The van der Waals surface area contributed by atoms with E-state index >= 15 is 0 Å². The third-order valence-electron chi connectivity index (χ3n) is 3.07. The van der Waals surface area contributed by atoms with Crippen molar-refractivity contribution in [2.45, 2.75) is 19.4 Å². The van der Waals surface area contributed by atoms with Crippen LogP contribution in [0.15, 0.2) is 24.3 Å². The molecule has 1 aliphatic rings. The van der Waals surface area contributed by atoms with Crippen LogP contribution in [0.25, 0.3) is 0 Å². The van der Waals surface area contributed by atoms with Crippen LogP contribution >= 0.6 is 12.4 Å². The van der Waals surface area contributed by atoms with Crippen molar-refractivity contribution in [3.8, 4) is 0 Å². The summed E-state index contributed by atoms with van der Waals surface area (Å²) in [5.74, 6) is -0.0841. The Hall–Kier alpha value is -1.13. The Kier molecular flexibility index (Phi) is 6.09. The van der Waals surface area contributed by atoms with E-state index in [1.54, 1.807) is 6.07 Å². The second-order valence-electron chi connectivity index (χ2n) is 4.37. The maximum absolute atomic E-state index is 12.9. The zero-order chi connectivity index (χ0) is 12.1. The topological polar surface area (TPSA) is 41.1 Å². The van der Waals surface area contributed by atoms with Crippen LogP contribution in [0.4, 0.5) is 4.39 Å². The molecule has 0 unspecified atom stereocenters. The van der Waals surface area contributed by atoms with Crippen LogP contribution in [0.5, 0.6) is 0 Å². The van der Waals surface area contributed by atoms with Gasteiger partial charge in [-0.1, -0.05) is 12.1 Å². The fraction of sp³-hybridized carbons (Fsp3) is 0.462. The van der Waals surface area contributed by atoms with E-state index < -0.39 is 0 Å². The SMILES string of the molecule is Cl.O=C(NCc1cccc(F)c1)C1CCNCC1. The molecule has 0 atom stereocenters. The van der Waals surface area contributed by atoms with Crippen LogP contribution in [0.3, 0.4) is 0 Å². The number of rotatable bonds is 3. The second kappa shape index (κ2) is 7.34. The highest BCUT2D eigenvalue weighted by Crippen LogP contribution is 2.12. The van der Waals surface area contributed by atoms with E-state index in [0.29, 0.717) is 6.54 Å². The van der Waals surface area contributed by atoms with Gasteiger partial charge < -0.3 is 10.6 Å².